The van der Waals surface area contributed by atoms with Gasteiger partial charge in [0.2, 0.25) is 11.0 Å². The smallest absolute Gasteiger partial charge is 0.257 e. The lowest BCUT2D eigenvalue weighted by Crippen LogP contribution is -2.13. The molecule has 9 nitrogen and oxygen atoms in total. The second kappa shape index (κ2) is 10.6. The van der Waals surface area contributed by atoms with E-state index in [1.807, 2.05) is 0 Å². The van der Waals surface area contributed by atoms with Crippen LogP contribution in [0.15, 0.2) is 46.8 Å². The molecular weight excluding hydrogens is 440 g/mol. The summed E-state index contributed by atoms with van der Waals surface area (Å²) >= 11 is 2.41. The molecule has 2 aromatic carbocycles. The van der Waals surface area contributed by atoms with E-state index >= 15 is 0 Å². The van der Waals surface area contributed by atoms with Gasteiger partial charge in [0.25, 0.3) is 5.91 Å². The maximum Gasteiger partial charge on any atom is 0.257 e. The van der Waals surface area contributed by atoms with Crippen LogP contribution in [0.25, 0.3) is 0 Å². The molecule has 3 rings (SSSR count). The van der Waals surface area contributed by atoms with Crippen molar-refractivity contribution < 1.29 is 23.8 Å². The summed E-state index contributed by atoms with van der Waals surface area (Å²) in [6.45, 7) is 0. The fraction of sp³-hybridized carbons (Fsp3) is 0.200. The molecule has 0 aliphatic carbocycles. The minimum atomic E-state index is -0.356. The Morgan fingerprint density at radius 1 is 0.935 bits per heavy atom. The van der Waals surface area contributed by atoms with Crippen LogP contribution in [0, 0.1) is 0 Å². The molecular formula is C20H20N4O5S2. The molecule has 0 bridgehead atoms. The van der Waals surface area contributed by atoms with Crippen LogP contribution in [0.4, 0.5) is 10.8 Å². The van der Waals surface area contributed by atoms with Crippen molar-refractivity contribution in [3.63, 3.8) is 0 Å². The number of thioether (sulfide) groups is 1. The maximum atomic E-state index is 12.5. The van der Waals surface area contributed by atoms with Crippen molar-refractivity contribution in [3.8, 4) is 17.2 Å². The lowest BCUT2D eigenvalue weighted by Gasteiger charge is -2.08. The third kappa shape index (κ3) is 6.09. The number of amides is 2. The molecule has 0 aliphatic heterocycles. The number of hydrogen-bond acceptors (Lipinski definition) is 9. The predicted molar refractivity (Wildman–Crippen MR) is 120 cm³/mol. The second-order valence-corrected chi connectivity index (χ2v) is 8.16. The minimum absolute atomic E-state index is 0.157. The number of rotatable bonds is 9. The average molecular weight is 461 g/mol. The molecule has 11 heteroatoms. The number of carbonyl (C=O) groups is 2. The Kier molecular flexibility index (Phi) is 7.68. The van der Waals surface area contributed by atoms with Gasteiger partial charge in [-0.25, -0.2) is 0 Å². The Balaban J connectivity index is 1.52. The number of nitrogens with zero attached hydrogens (tertiary/aromatic N) is 2. The number of anilines is 2. The minimum Gasteiger partial charge on any atom is -0.497 e. The molecule has 0 fully saturated rings. The first-order chi connectivity index (χ1) is 15.0. The number of methoxy groups -OCH3 is 3. The van der Waals surface area contributed by atoms with Gasteiger partial charge in [0.1, 0.15) is 5.75 Å². The largest absolute Gasteiger partial charge is 0.497 e. The summed E-state index contributed by atoms with van der Waals surface area (Å²) in [5.41, 5.74) is 1.06. The highest BCUT2D eigenvalue weighted by atomic mass is 32.2. The summed E-state index contributed by atoms with van der Waals surface area (Å²) in [6, 6.07) is 11.9. The molecule has 0 saturated carbocycles. The van der Waals surface area contributed by atoms with Crippen LogP contribution in [0.5, 0.6) is 17.2 Å². The van der Waals surface area contributed by atoms with Crippen LogP contribution in [-0.4, -0.2) is 49.1 Å². The molecule has 0 saturated heterocycles. The Morgan fingerprint density at radius 3 is 2.35 bits per heavy atom. The Bertz CT molecular complexity index is 1060. The number of carbonyl (C=O) groups excluding carboxylic acids is 2. The van der Waals surface area contributed by atoms with Gasteiger partial charge in [-0.05, 0) is 42.5 Å². The van der Waals surface area contributed by atoms with Gasteiger partial charge in [-0.2, -0.15) is 0 Å². The van der Waals surface area contributed by atoms with Gasteiger partial charge in [-0.15, -0.1) is 10.2 Å². The quantitative estimate of drug-likeness (QED) is 0.368. The van der Waals surface area contributed by atoms with Crippen molar-refractivity contribution in [1.29, 1.82) is 0 Å². The molecule has 3 aromatic rings. The summed E-state index contributed by atoms with van der Waals surface area (Å²) in [5, 5.41) is 13.8. The first-order valence-electron chi connectivity index (χ1n) is 8.96. The van der Waals surface area contributed by atoms with E-state index in [-0.39, 0.29) is 17.6 Å². The van der Waals surface area contributed by atoms with E-state index in [4.69, 9.17) is 14.2 Å². The fourth-order valence-electron chi connectivity index (χ4n) is 2.46. The van der Waals surface area contributed by atoms with Crippen LogP contribution < -0.4 is 24.8 Å². The molecule has 1 heterocycles. The van der Waals surface area contributed by atoms with Crippen LogP contribution in [0.1, 0.15) is 10.4 Å². The van der Waals surface area contributed by atoms with Gasteiger partial charge in [0.15, 0.2) is 15.8 Å². The van der Waals surface area contributed by atoms with Crippen molar-refractivity contribution in [2.75, 3.05) is 37.7 Å². The van der Waals surface area contributed by atoms with Crippen LogP contribution >= 0.6 is 23.1 Å². The molecule has 0 spiro atoms. The predicted octanol–water partition coefficient (Wildman–Crippen LogP) is 3.55. The van der Waals surface area contributed by atoms with E-state index in [2.05, 4.69) is 20.8 Å². The fourth-order valence-corrected chi connectivity index (χ4v) is 4.01. The zero-order chi connectivity index (χ0) is 22.2. The molecule has 31 heavy (non-hydrogen) atoms. The van der Waals surface area contributed by atoms with Gasteiger partial charge in [0, 0.05) is 11.3 Å². The van der Waals surface area contributed by atoms with Gasteiger partial charge in [-0.1, -0.05) is 23.1 Å². The number of hydrogen-bond donors (Lipinski definition) is 2. The van der Waals surface area contributed by atoms with Crippen LogP contribution in [0.3, 0.4) is 0 Å². The van der Waals surface area contributed by atoms with E-state index in [1.165, 1.54) is 37.3 Å². The monoisotopic (exact) mass is 460 g/mol. The average Bonchev–Trinajstić information content (AvgIpc) is 3.24. The molecule has 162 valence electrons. The highest BCUT2D eigenvalue weighted by molar-refractivity contribution is 8.01. The highest BCUT2D eigenvalue weighted by Gasteiger charge is 2.14. The lowest BCUT2D eigenvalue weighted by atomic mass is 10.2. The summed E-state index contributed by atoms with van der Waals surface area (Å²) < 4.78 is 16.0. The molecule has 0 atom stereocenters. The molecule has 1 aromatic heterocycles. The third-order valence-corrected chi connectivity index (χ3v) is 5.95. The zero-order valence-electron chi connectivity index (χ0n) is 17.0. The number of ether oxygens (including phenoxy) is 3. The standard InChI is InChI=1S/C20H20N4O5S2/c1-27-14-7-5-13(6-8-14)21-17(25)11-30-20-24-23-19(31-20)22-18(26)12-4-9-15(28-2)16(10-12)29-3/h4-10H,11H2,1-3H3,(H,21,25)(H,22,23,26). The molecule has 0 unspecified atom stereocenters. The normalized spacial score (nSPS) is 10.3. The molecule has 2 amide bonds. The Morgan fingerprint density at radius 2 is 1.68 bits per heavy atom. The van der Waals surface area contributed by atoms with Gasteiger partial charge >= 0.3 is 0 Å². The Labute approximate surface area is 187 Å². The first kappa shape index (κ1) is 22.4. The van der Waals surface area contributed by atoms with Gasteiger partial charge in [0.05, 0.1) is 27.1 Å². The SMILES string of the molecule is COc1ccc(NC(=O)CSc2nnc(NC(=O)c3ccc(OC)c(OC)c3)s2)cc1. The van der Waals surface area contributed by atoms with Crippen molar-refractivity contribution in [1.82, 2.24) is 10.2 Å². The van der Waals surface area contributed by atoms with Crippen molar-refractivity contribution in [2.24, 2.45) is 0 Å². The van der Waals surface area contributed by atoms with Gasteiger partial charge in [-0.3, -0.25) is 14.9 Å². The first-order valence-corrected chi connectivity index (χ1v) is 10.8. The van der Waals surface area contributed by atoms with E-state index in [9.17, 15) is 9.59 Å². The molecule has 0 radical (unpaired) electrons. The van der Waals surface area contributed by atoms with Crippen molar-refractivity contribution in [2.45, 2.75) is 4.34 Å². The summed E-state index contributed by atoms with van der Waals surface area (Å²) in [4.78, 5) is 24.6. The van der Waals surface area contributed by atoms with E-state index in [1.54, 1.807) is 49.6 Å². The topological polar surface area (TPSA) is 112 Å². The number of nitrogens with one attached hydrogen (secondary N) is 2. The van der Waals surface area contributed by atoms with Crippen LogP contribution in [0.2, 0.25) is 0 Å². The van der Waals surface area contributed by atoms with E-state index < -0.39 is 0 Å². The number of benzene rings is 2. The summed E-state index contributed by atoms with van der Waals surface area (Å²) in [7, 11) is 4.60. The highest BCUT2D eigenvalue weighted by Crippen LogP contribution is 2.29. The van der Waals surface area contributed by atoms with Crippen LogP contribution in [-0.2, 0) is 4.79 Å². The van der Waals surface area contributed by atoms with Gasteiger partial charge < -0.3 is 19.5 Å². The zero-order valence-corrected chi connectivity index (χ0v) is 18.6. The summed E-state index contributed by atoms with van der Waals surface area (Å²) in [6.07, 6.45) is 0. The van der Waals surface area contributed by atoms with Crippen molar-refractivity contribution in [3.05, 3.63) is 48.0 Å². The lowest BCUT2D eigenvalue weighted by molar-refractivity contribution is -0.113. The number of aromatic nitrogens is 2. The Hall–Kier alpha value is -3.31. The maximum absolute atomic E-state index is 12.5. The van der Waals surface area contributed by atoms with E-state index in [0.29, 0.717) is 38.0 Å². The summed E-state index contributed by atoms with van der Waals surface area (Å²) in [5.74, 6) is 1.31. The molecule has 2 N–H and O–H groups in total. The second-order valence-electron chi connectivity index (χ2n) is 5.96. The third-order valence-electron chi connectivity index (χ3n) is 3.97. The molecule has 0 aliphatic rings. The van der Waals surface area contributed by atoms with E-state index in [0.717, 1.165) is 0 Å². The van der Waals surface area contributed by atoms with Crippen molar-refractivity contribution >= 4 is 45.7 Å².